The lowest BCUT2D eigenvalue weighted by molar-refractivity contribution is -0.114. The van der Waals surface area contributed by atoms with Gasteiger partial charge in [0.2, 0.25) is 5.91 Å². The quantitative estimate of drug-likeness (QED) is 0.587. The minimum absolute atomic E-state index is 0.149. The van der Waals surface area contributed by atoms with Crippen molar-refractivity contribution in [2.24, 2.45) is 0 Å². The van der Waals surface area contributed by atoms with Crippen LogP contribution in [0.4, 0.5) is 11.4 Å². The summed E-state index contributed by atoms with van der Waals surface area (Å²) in [5, 5.41) is 2.85. The average molecular weight is 437 g/mol. The van der Waals surface area contributed by atoms with Crippen molar-refractivity contribution in [1.29, 1.82) is 0 Å². The smallest absolute Gasteiger partial charge is 0.264 e. The third-order valence-electron chi connectivity index (χ3n) is 5.33. The van der Waals surface area contributed by atoms with Crippen LogP contribution in [0.15, 0.2) is 65.6 Å². The van der Waals surface area contributed by atoms with Gasteiger partial charge in [0.15, 0.2) is 0 Å². The Morgan fingerprint density at radius 2 is 1.42 bits per heavy atom. The summed E-state index contributed by atoms with van der Waals surface area (Å²) in [6.07, 6.45) is 0. The lowest BCUT2D eigenvalue weighted by Gasteiger charge is -2.25. The molecule has 162 valence electrons. The highest BCUT2D eigenvalue weighted by atomic mass is 32.2. The molecule has 0 atom stereocenters. The maximum atomic E-state index is 13.5. The molecule has 0 saturated carbocycles. The number of anilines is 2. The number of nitrogens with one attached hydrogen (secondary N) is 1. The highest BCUT2D eigenvalue weighted by molar-refractivity contribution is 7.92. The molecular weight excluding hydrogens is 408 g/mol. The van der Waals surface area contributed by atoms with Crippen LogP contribution in [0.3, 0.4) is 0 Å². The Hall–Kier alpha value is -3.12. The minimum atomic E-state index is -3.93. The van der Waals surface area contributed by atoms with Crippen molar-refractivity contribution in [1.82, 2.24) is 0 Å². The number of amides is 1. The van der Waals surface area contributed by atoms with Gasteiger partial charge in [0.05, 0.1) is 10.6 Å². The molecule has 0 aliphatic carbocycles. The first kappa shape index (κ1) is 22.6. The summed E-state index contributed by atoms with van der Waals surface area (Å²) in [7, 11) is -3.93. The molecule has 3 aromatic rings. The van der Waals surface area contributed by atoms with Crippen LogP contribution in [-0.2, 0) is 14.8 Å². The molecule has 1 amide bonds. The standard InChI is InChI=1S/C25H28N2O3S/c1-17-6-11-23(12-7-17)31(29,30)27(22-10-9-19(3)20(4)15-22)16-25(28)26-24-13-8-18(2)14-21(24)5/h6-15H,16H2,1-5H3,(H,26,28). The molecule has 31 heavy (non-hydrogen) atoms. The van der Waals surface area contributed by atoms with Gasteiger partial charge in [-0.1, -0.05) is 41.5 Å². The summed E-state index contributed by atoms with van der Waals surface area (Å²) in [5.74, 6) is -0.402. The minimum Gasteiger partial charge on any atom is -0.324 e. The lowest BCUT2D eigenvalue weighted by atomic mass is 10.1. The third-order valence-corrected chi connectivity index (χ3v) is 7.12. The monoisotopic (exact) mass is 436 g/mol. The fourth-order valence-corrected chi connectivity index (χ4v) is 4.72. The number of nitrogens with zero attached hydrogens (tertiary/aromatic N) is 1. The van der Waals surface area contributed by atoms with Crippen molar-refractivity contribution in [2.45, 2.75) is 39.5 Å². The van der Waals surface area contributed by atoms with Gasteiger partial charge in [-0.05, 0) is 81.6 Å². The van der Waals surface area contributed by atoms with E-state index < -0.39 is 15.9 Å². The molecule has 0 aliphatic rings. The van der Waals surface area contributed by atoms with E-state index in [0.29, 0.717) is 11.4 Å². The predicted octanol–water partition coefficient (Wildman–Crippen LogP) is 5.06. The zero-order chi connectivity index (χ0) is 22.8. The van der Waals surface area contributed by atoms with Crippen LogP contribution in [0.5, 0.6) is 0 Å². The molecule has 3 aromatic carbocycles. The Kier molecular flexibility index (Phi) is 6.51. The number of hydrogen-bond donors (Lipinski definition) is 1. The number of carbonyl (C=O) groups excluding carboxylic acids is 1. The van der Waals surface area contributed by atoms with E-state index in [2.05, 4.69) is 5.32 Å². The van der Waals surface area contributed by atoms with E-state index in [-0.39, 0.29) is 11.4 Å². The van der Waals surface area contributed by atoms with Crippen molar-refractivity contribution >= 4 is 27.3 Å². The van der Waals surface area contributed by atoms with Gasteiger partial charge >= 0.3 is 0 Å². The summed E-state index contributed by atoms with van der Waals surface area (Å²) < 4.78 is 28.1. The Bertz CT molecular complexity index is 1220. The Morgan fingerprint density at radius 3 is 2.03 bits per heavy atom. The second-order valence-electron chi connectivity index (χ2n) is 7.96. The SMILES string of the molecule is Cc1ccc(S(=O)(=O)N(CC(=O)Nc2ccc(C)cc2C)c2ccc(C)c(C)c2)cc1. The zero-order valence-corrected chi connectivity index (χ0v) is 19.4. The molecule has 0 fully saturated rings. The van der Waals surface area contributed by atoms with Crippen molar-refractivity contribution < 1.29 is 13.2 Å². The highest BCUT2D eigenvalue weighted by Gasteiger charge is 2.27. The molecule has 0 saturated heterocycles. The second kappa shape index (κ2) is 8.94. The van der Waals surface area contributed by atoms with Crippen LogP contribution in [-0.4, -0.2) is 20.9 Å². The van der Waals surface area contributed by atoms with Gasteiger partial charge in [-0.3, -0.25) is 9.10 Å². The fourth-order valence-electron chi connectivity index (χ4n) is 3.31. The first-order chi connectivity index (χ1) is 14.6. The molecule has 3 rings (SSSR count). The molecule has 1 N–H and O–H groups in total. The van der Waals surface area contributed by atoms with Gasteiger partial charge in [0.1, 0.15) is 6.54 Å². The van der Waals surface area contributed by atoms with Crippen LogP contribution >= 0.6 is 0 Å². The third kappa shape index (κ3) is 5.14. The van der Waals surface area contributed by atoms with Crippen molar-refractivity contribution in [2.75, 3.05) is 16.2 Å². The van der Waals surface area contributed by atoms with Crippen molar-refractivity contribution in [3.63, 3.8) is 0 Å². The van der Waals surface area contributed by atoms with Crippen LogP contribution in [0.25, 0.3) is 0 Å². The van der Waals surface area contributed by atoms with E-state index in [1.54, 1.807) is 36.4 Å². The van der Waals surface area contributed by atoms with Gasteiger partial charge < -0.3 is 5.32 Å². The van der Waals surface area contributed by atoms with Crippen LogP contribution in [0, 0.1) is 34.6 Å². The maximum Gasteiger partial charge on any atom is 0.264 e. The summed E-state index contributed by atoms with van der Waals surface area (Å²) in [5.41, 5.74) is 6.11. The molecule has 0 radical (unpaired) electrons. The van der Waals surface area contributed by atoms with Gasteiger partial charge in [-0.15, -0.1) is 0 Å². The zero-order valence-electron chi connectivity index (χ0n) is 18.6. The van der Waals surface area contributed by atoms with Gasteiger partial charge in [-0.25, -0.2) is 8.42 Å². The molecular formula is C25H28N2O3S. The van der Waals surface area contributed by atoms with E-state index in [1.165, 1.54) is 4.31 Å². The Morgan fingerprint density at radius 1 is 0.774 bits per heavy atom. The number of rotatable bonds is 6. The van der Waals surface area contributed by atoms with E-state index in [1.807, 2.05) is 58.9 Å². The van der Waals surface area contributed by atoms with E-state index in [9.17, 15) is 13.2 Å². The first-order valence-electron chi connectivity index (χ1n) is 10.1. The average Bonchev–Trinajstić information content (AvgIpc) is 2.71. The van der Waals surface area contributed by atoms with E-state index >= 15 is 0 Å². The normalized spacial score (nSPS) is 11.3. The molecule has 0 heterocycles. The van der Waals surface area contributed by atoms with Crippen molar-refractivity contribution in [3.8, 4) is 0 Å². The maximum absolute atomic E-state index is 13.5. The number of aryl methyl sites for hydroxylation is 5. The summed E-state index contributed by atoms with van der Waals surface area (Å²) in [6, 6.07) is 17.8. The second-order valence-corrected chi connectivity index (χ2v) is 9.82. The number of hydrogen-bond acceptors (Lipinski definition) is 3. The topological polar surface area (TPSA) is 66.5 Å². The molecule has 0 spiro atoms. The highest BCUT2D eigenvalue weighted by Crippen LogP contribution is 2.26. The number of benzene rings is 3. The molecule has 6 heteroatoms. The summed E-state index contributed by atoms with van der Waals surface area (Å²) in [4.78, 5) is 13.0. The Labute approximate surface area is 184 Å². The van der Waals surface area contributed by atoms with Gasteiger partial charge in [0, 0.05) is 5.69 Å². The Balaban J connectivity index is 1.98. The molecule has 0 aliphatic heterocycles. The largest absolute Gasteiger partial charge is 0.324 e. The number of carbonyl (C=O) groups is 1. The van der Waals surface area contributed by atoms with Crippen LogP contribution < -0.4 is 9.62 Å². The lowest BCUT2D eigenvalue weighted by Crippen LogP contribution is -2.38. The van der Waals surface area contributed by atoms with Gasteiger partial charge in [0.25, 0.3) is 10.0 Å². The predicted molar refractivity (Wildman–Crippen MR) is 126 cm³/mol. The van der Waals surface area contributed by atoms with E-state index in [0.717, 1.165) is 27.8 Å². The molecule has 0 unspecified atom stereocenters. The van der Waals surface area contributed by atoms with Crippen LogP contribution in [0.1, 0.15) is 27.8 Å². The van der Waals surface area contributed by atoms with Crippen LogP contribution in [0.2, 0.25) is 0 Å². The van der Waals surface area contributed by atoms with Crippen molar-refractivity contribution in [3.05, 3.63) is 88.5 Å². The molecule has 5 nitrogen and oxygen atoms in total. The first-order valence-corrected chi connectivity index (χ1v) is 11.6. The van der Waals surface area contributed by atoms with Gasteiger partial charge in [-0.2, -0.15) is 0 Å². The number of sulfonamides is 1. The van der Waals surface area contributed by atoms with E-state index in [4.69, 9.17) is 0 Å². The molecule has 0 bridgehead atoms. The summed E-state index contributed by atoms with van der Waals surface area (Å²) >= 11 is 0. The molecule has 0 aromatic heterocycles. The summed E-state index contributed by atoms with van der Waals surface area (Å²) in [6.45, 7) is 9.35. The fraction of sp³-hybridized carbons (Fsp3) is 0.240.